The summed E-state index contributed by atoms with van der Waals surface area (Å²) in [5.74, 6) is 1.88. The van der Waals surface area contributed by atoms with Crippen molar-refractivity contribution >= 4 is 24.4 Å². The summed E-state index contributed by atoms with van der Waals surface area (Å²) in [6.07, 6.45) is -1.30. The van der Waals surface area contributed by atoms with Gasteiger partial charge in [0.2, 0.25) is 0 Å². The van der Waals surface area contributed by atoms with Crippen LogP contribution in [0.25, 0.3) is 0 Å². The highest BCUT2D eigenvalue weighted by Crippen LogP contribution is 2.72. The summed E-state index contributed by atoms with van der Waals surface area (Å²) in [4.78, 5) is 3.07. The molecule has 4 N–H and O–H groups in total. The third-order valence-electron chi connectivity index (χ3n) is 12.1. The van der Waals surface area contributed by atoms with Crippen molar-refractivity contribution in [3.05, 3.63) is 213 Å². The fraction of sp³-hybridized carbons (Fsp3) is 0.149. The van der Waals surface area contributed by atoms with Gasteiger partial charge in [0, 0.05) is 28.5 Å². The van der Waals surface area contributed by atoms with Crippen molar-refractivity contribution in [2.45, 2.75) is 34.4 Å². The predicted molar refractivity (Wildman–Crippen MR) is 220 cm³/mol. The Kier molecular flexibility index (Phi) is 8.24. The van der Waals surface area contributed by atoms with Crippen LogP contribution in [0, 0.1) is 9.41 Å². The molecule has 10 rings (SSSR count). The molecule has 0 spiro atoms. The number of aliphatic hydroxyl groups is 3. The monoisotopic (exact) mass is 788 g/mol. The van der Waals surface area contributed by atoms with Crippen molar-refractivity contribution < 1.29 is 29.5 Å². The number of hydrogen-bond acceptors (Lipinski definition) is 8. The summed E-state index contributed by atoms with van der Waals surface area (Å²) >= 11 is 11.5. The quantitative estimate of drug-likeness (QED) is 0.124. The molecule has 4 atom stereocenters. The van der Waals surface area contributed by atoms with E-state index in [1.807, 2.05) is 158 Å². The van der Waals surface area contributed by atoms with Crippen LogP contribution in [-0.4, -0.2) is 48.8 Å². The lowest BCUT2D eigenvalue weighted by Gasteiger charge is -2.61. The summed E-state index contributed by atoms with van der Waals surface area (Å²) in [6.45, 7) is -0.699. The third kappa shape index (κ3) is 4.56. The zero-order valence-electron chi connectivity index (χ0n) is 30.4. The first-order chi connectivity index (χ1) is 27.8. The summed E-state index contributed by atoms with van der Waals surface area (Å²) in [5, 5.41) is 42.4. The second kappa shape index (κ2) is 13.2. The van der Waals surface area contributed by atoms with E-state index in [1.165, 1.54) is 0 Å². The summed E-state index contributed by atoms with van der Waals surface area (Å²) < 4.78 is 22.6. The Labute approximate surface area is 338 Å². The Hall–Kier alpha value is -5.72. The maximum atomic E-state index is 15.4. The van der Waals surface area contributed by atoms with Gasteiger partial charge in [-0.2, -0.15) is 0 Å². The number of fused-ring (bicyclic) bond motifs is 4. The van der Waals surface area contributed by atoms with Crippen molar-refractivity contribution in [2.75, 3.05) is 6.61 Å². The number of rotatable bonds is 6. The van der Waals surface area contributed by atoms with Gasteiger partial charge in [-0.1, -0.05) is 146 Å². The molecule has 0 saturated carbocycles. The highest BCUT2D eigenvalue weighted by molar-refractivity contribution is 7.72. The molecule has 0 aliphatic carbocycles. The molecule has 1 aromatic heterocycles. The maximum absolute atomic E-state index is 15.4. The lowest BCUT2D eigenvalue weighted by atomic mass is 9.44. The van der Waals surface area contributed by atoms with E-state index in [4.69, 9.17) is 38.6 Å². The zero-order chi connectivity index (χ0) is 39.0. The first kappa shape index (κ1) is 35.7. The van der Waals surface area contributed by atoms with Crippen LogP contribution >= 0.6 is 24.4 Å². The molecule has 0 amide bonds. The van der Waals surface area contributed by atoms with Crippen LogP contribution in [0.15, 0.2) is 170 Å². The molecule has 7 aromatic rings. The molecule has 4 heterocycles. The number of ether oxygens (including phenoxy) is 3. The largest absolute Gasteiger partial charge is 0.457 e. The molecule has 6 aromatic carbocycles. The lowest BCUT2D eigenvalue weighted by molar-refractivity contribution is -0.204. The van der Waals surface area contributed by atoms with E-state index >= 15 is 10.2 Å². The van der Waals surface area contributed by atoms with Gasteiger partial charge in [-0.25, -0.2) is 0 Å². The summed E-state index contributed by atoms with van der Waals surface area (Å²) in [6, 6.07) is 51.0. The smallest absolute Gasteiger partial charge is 0.180 e. The SMILES string of the molecule is OC[C@H]1O[C@@H](n2ccc(=S)[nH]c2=S)[C@@](O)(C2(c3ccccc3)c3ccccc3Oc3ccccc32)[C@@]1(O)C1(c2ccccc2)c2ccccc2Oc2ccccc21. The average molecular weight is 789 g/mol. The Balaban J connectivity index is 1.49. The number of hydrogen-bond donors (Lipinski definition) is 4. The summed E-state index contributed by atoms with van der Waals surface area (Å²) in [5.41, 5.74) is -4.93. The van der Waals surface area contributed by atoms with Crippen LogP contribution < -0.4 is 9.47 Å². The van der Waals surface area contributed by atoms with Crippen LogP contribution in [0.1, 0.15) is 39.6 Å². The second-order valence-electron chi connectivity index (χ2n) is 14.6. The molecule has 10 heteroatoms. The molecule has 0 bridgehead atoms. The van der Waals surface area contributed by atoms with Gasteiger partial charge in [-0.15, -0.1) is 0 Å². The Morgan fingerprint density at radius 1 is 0.526 bits per heavy atom. The van der Waals surface area contributed by atoms with Crippen LogP contribution in [0.4, 0.5) is 0 Å². The Bertz CT molecular complexity index is 2700. The minimum atomic E-state index is -2.52. The number of aromatic amines is 1. The molecule has 1 saturated heterocycles. The van der Waals surface area contributed by atoms with E-state index in [1.54, 1.807) is 16.8 Å². The maximum Gasteiger partial charge on any atom is 0.180 e. The minimum absolute atomic E-state index is 0.144. The fourth-order valence-electron chi connectivity index (χ4n) is 10.1. The molecule has 8 nitrogen and oxygen atoms in total. The topological polar surface area (TPSA) is 109 Å². The van der Waals surface area contributed by atoms with Gasteiger partial charge in [0.1, 0.15) is 39.3 Å². The first-order valence-electron chi connectivity index (χ1n) is 18.7. The van der Waals surface area contributed by atoms with Gasteiger partial charge >= 0.3 is 0 Å². The molecule has 0 radical (unpaired) electrons. The zero-order valence-corrected chi connectivity index (χ0v) is 32.0. The molecular formula is C47H36N2O6S2. The number of aliphatic hydroxyl groups excluding tert-OH is 1. The predicted octanol–water partition coefficient (Wildman–Crippen LogP) is 8.91. The van der Waals surface area contributed by atoms with Crippen molar-refractivity contribution in [2.24, 2.45) is 0 Å². The van der Waals surface area contributed by atoms with Crippen molar-refractivity contribution in [3.63, 3.8) is 0 Å². The van der Waals surface area contributed by atoms with Crippen molar-refractivity contribution in [3.8, 4) is 23.0 Å². The van der Waals surface area contributed by atoms with Gasteiger partial charge in [-0.3, -0.25) is 4.57 Å². The highest BCUT2D eigenvalue weighted by Gasteiger charge is 2.83. The second-order valence-corrected chi connectivity index (χ2v) is 15.5. The number of aromatic nitrogens is 2. The number of H-pyrrole nitrogens is 1. The fourth-order valence-corrected chi connectivity index (χ4v) is 10.6. The molecule has 282 valence electrons. The van der Waals surface area contributed by atoms with E-state index in [9.17, 15) is 5.11 Å². The van der Waals surface area contributed by atoms with Gasteiger partial charge in [-0.05, 0) is 53.7 Å². The Morgan fingerprint density at radius 2 is 0.912 bits per heavy atom. The molecule has 57 heavy (non-hydrogen) atoms. The lowest BCUT2D eigenvalue weighted by Crippen LogP contribution is -2.77. The highest BCUT2D eigenvalue weighted by atomic mass is 32.1. The van der Waals surface area contributed by atoms with Crippen LogP contribution in [0.2, 0.25) is 0 Å². The van der Waals surface area contributed by atoms with Crippen molar-refractivity contribution in [1.82, 2.24) is 9.55 Å². The van der Waals surface area contributed by atoms with E-state index in [0.717, 1.165) is 0 Å². The van der Waals surface area contributed by atoms with E-state index in [-0.39, 0.29) is 4.77 Å². The van der Waals surface area contributed by atoms with Gasteiger partial charge in [0.15, 0.2) is 16.6 Å². The van der Waals surface area contributed by atoms with E-state index in [2.05, 4.69) is 4.98 Å². The number of nitrogens with zero attached hydrogens (tertiary/aromatic N) is 1. The van der Waals surface area contributed by atoms with E-state index in [0.29, 0.717) is 61.0 Å². The van der Waals surface area contributed by atoms with Crippen LogP contribution in [-0.2, 0) is 15.6 Å². The molecule has 3 aliphatic heterocycles. The van der Waals surface area contributed by atoms with Gasteiger partial charge in [0.25, 0.3) is 0 Å². The molecule has 1 fully saturated rings. The number of para-hydroxylation sites is 4. The standard InChI is InChI=1S/C47H36N2O6S2/c50-29-40-46(51,44(30-15-3-1-4-16-30)32-19-7-11-23-36(32)53-37-24-12-8-20-33(37)44)47(52,42(55-40)49-28-27-41(56)48-43(49)57)45(31-17-5-2-6-18-31)34-21-9-13-25-38(34)54-39-26-14-10-22-35(39)45/h1-28,40,42,50-52H,29H2,(H,48,56,57)/t40-,42-,46+,47-/m1/s1. The number of nitrogens with one attached hydrogen (secondary N) is 1. The minimum Gasteiger partial charge on any atom is -0.457 e. The normalized spacial score (nSPS) is 23.5. The van der Waals surface area contributed by atoms with Crippen LogP contribution in [0.3, 0.4) is 0 Å². The van der Waals surface area contributed by atoms with E-state index < -0.39 is 41.0 Å². The van der Waals surface area contributed by atoms with Crippen molar-refractivity contribution in [1.29, 1.82) is 0 Å². The Morgan fingerprint density at radius 3 is 1.32 bits per heavy atom. The first-order valence-corrected chi connectivity index (χ1v) is 19.5. The number of benzene rings is 6. The molecular weight excluding hydrogens is 753 g/mol. The van der Waals surface area contributed by atoms with Gasteiger partial charge in [0.05, 0.1) is 17.4 Å². The molecule has 0 unspecified atom stereocenters. The van der Waals surface area contributed by atoms with Gasteiger partial charge < -0.3 is 34.5 Å². The summed E-state index contributed by atoms with van der Waals surface area (Å²) in [7, 11) is 0. The molecule has 3 aliphatic rings. The van der Waals surface area contributed by atoms with Crippen LogP contribution in [0.5, 0.6) is 23.0 Å². The average Bonchev–Trinajstić information content (AvgIpc) is 3.49. The third-order valence-corrected chi connectivity index (χ3v) is 12.7.